The van der Waals surface area contributed by atoms with Crippen molar-refractivity contribution in [2.45, 2.75) is 37.8 Å². The molecule has 0 saturated carbocycles. The molecule has 1 aliphatic rings. The fourth-order valence-electron chi connectivity index (χ4n) is 3.87. The van der Waals surface area contributed by atoms with Crippen molar-refractivity contribution in [3.8, 4) is 11.8 Å². The van der Waals surface area contributed by atoms with Crippen LogP contribution in [0.2, 0.25) is 0 Å². The van der Waals surface area contributed by atoms with Gasteiger partial charge >= 0.3 is 6.18 Å². The number of unbranched alkanes of at least 4 members (excludes halogenated alkanes) is 1. The molecule has 166 valence electrons. The molecule has 1 heterocycles. The molecule has 0 aromatic heterocycles. The van der Waals surface area contributed by atoms with E-state index in [1.165, 1.54) is 12.1 Å². The average Bonchev–Trinajstić information content (AvgIpc) is 2.76. The maximum absolute atomic E-state index is 14.7. The summed E-state index contributed by atoms with van der Waals surface area (Å²) < 4.78 is 60.0. The van der Waals surface area contributed by atoms with E-state index in [9.17, 15) is 17.6 Å². The molecule has 1 N–H and O–H groups in total. The van der Waals surface area contributed by atoms with Gasteiger partial charge in [0.15, 0.2) is 5.82 Å². The zero-order valence-electron chi connectivity index (χ0n) is 17.0. The molecule has 2 aromatic carbocycles. The van der Waals surface area contributed by atoms with E-state index >= 15 is 0 Å². The van der Waals surface area contributed by atoms with E-state index in [1.54, 1.807) is 4.90 Å². The van der Waals surface area contributed by atoms with E-state index in [1.807, 2.05) is 24.3 Å². The SMILES string of the molecule is N#Cc1ccc(N2CCC(c3ccc(OCCCCO)cc3)CC2)c(F)c1C(F)(F)F. The lowest BCUT2D eigenvalue weighted by molar-refractivity contribution is -0.140. The monoisotopic (exact) mass is 436 g/mol. The Bertz CT molecular complexity index is 915. The maximum Gasteiger partial charge on any atom is 0.420 e. The third-order valence-corrected chi connectivity index (χ3v) is 5.53. The van der Waals surface area contributed by atoms with Gasteiger partial charge in [-0.05, 0) is 61.4 Å². The number of aliphatic hydroxyl groups excluding tert-OH is 1. The van der Waals surface area contributed by atoms with Gasteiger partial charge in [-0.1, -0.05) is 12.1 Å². The van der Waals surface area contributed by atoms with Gasteiger partial charge in [0.05, 0.1) is 23.9 Å². The summed E-state index contributed by atoms with van der Waals surface area (Å²) in [5.41, 5.74) is -1.21. The number of alkyl halides is 3. The van der Waals surface area contributed by atoms with Crippen LogP contribution in [0.3, 0.4) is 0 Å². The number of nitriles is 1. The van der Waals surface area contributed by atoms with Gasteiger partial charge in [0.2, 0.25) is 0 Å². The molecule has 0 spiro atoms. The van der Waals surface area contributed by atoms with E-state index in [0.29, 0.717) is 39.0 Å². The number of nitrogens with zero attached hydrogens (tertiary/aromatic N) is 2. The second kappa shape index (κ2) is 10.0. The third-order valence-electron chi connectivity index (χ3n) is 5.53. The predicted octanol–water partition coefficient (Wildman–Crippen LogP) is 5.25. The number of hydrogen-bond acceptors (Lipinski definition) is 4. The van der Waals surface area contributed by atoms with Crippen LogP contribution in [0, 0.1) is 17.1 Å². The molecule has 3 rings (SSSR count). The van der Waals surface area contributed by atoms with Crippen molar-refractivity contribution in [3.05, 3.63) is 58.9 Å². The average molecular weight is 436 g/mol. The highest BCUT2D eigenvalue weighted by molar-refractivity contribution is 5.56. The molecule has 31 heavy (non-hydrogen) atoms. The highest BCUT2D eigenvalue weighted by Crippen LogP contribution is 2.39. The van der Waals surface area contributed by atoms with Crippen LogP contribution in [-0.4, -0.2) is 31.4 Å². The first-order valence-corrected chi connectivity index (χ1v) is 10.2. The fraction of sp³-hybridized carbons (Fsp3) is 0.435. The van der Waals surface area contributed by atoms with Crippen LogP contribution in [0.15, 0.2) is 36.4 Å². The van der Waals surface area contributed by atoms with Crippen molar-refractivity contribution < 1.29 is 27.4 Å². The minimum absolute atomic E-state index is 0.114. The topological polar surface area (TPSA) is 56.5 Å². The van der Waals surface area contributed by atoms with Crippen LogP contribution in [-0.2, 0) is 6.18 Å². The summed E-state index contributed by atoms with van der Waals surface area (Å²) in [6, 6.07) is 11.4. The summed E-state index contributed by atoms with van der Waals surface area (Å²) in [7, 11) is 0. The molecule has 2 aromatic rings. The zero-order valence-corrected chi connectivity index (χ0v) is 17.0. The molecule has 1 saturated heterocycles. The van der Waals surface area contributed by atoms with Crippen LogP contribution in [0.25, 0.3) is 0 Å². The Labute approximate surface area is 178 Å². The summed E-state index contributed by atoms with van der Waals surface area (Å²) >= 11 is 0. The van der Waals surface area contributed by atoms with Crippen LogP contribution < -0.4 is 9.64 Å². The van der Waals surface area contributed by atoms with Gasteiger partial charge in [0.25, 0.3) is 0 Å². The van der Waals surface area contributed by atoms with E-state index < -0.39 is 23.1 Å². The molecule has 0 atom stereocenters. The molecule has 0 amide bonds. The Morgan fingerprint density at radius 2 is 1.74 bits per heavy atom. The van der Waals surface area contributed by atoms with Crippen LogP contribution >= 0.6 is 0 Å². The summed E-state index contributed by atoms with van der Waals surface area (Å²) in [5.74, 6) is -0.408. The van der Waals surface area contributed by atoms with Gasteiger partial charge in [-0.2, -0.15) is 18.4 Å². The van der Waals surface area contributed by atoms with Crippen LogP contribution in [0.1, 0.15) is 48.3 Å². The number of aliphatic hydroxyl groups is 1. The van der Waals surface area contributed by atoms with Crippen LogP contribution in [0.4, 0.5) is 23.2 Å². The standard InChI is InChI=1S/C23H24F4N2O2/c24-22-20(8-5-18(15-28)21(22)23(25,26)27)29-11-9-17(10-12-29)16-3-6-19(7-4-16)31-14-2-1-13-30/h3-8,17,30H,1-2,9-14H2. The first-order valence-electron chi connectivity index (χ1n) is 10.2. The van der Waals surface area contributed by atoms with Gasteiger partial charge in [0.1, 0.15) is 11.3 Å². The lowest BCUT2D eigenvalue weighted by Gasteiger charge is -2.34. The van der Waals surface area contributed by atoms with E-state index in [2.05, 4.69) is 0 Å². The molecular weight excluding hydrogens is 412 g/mol. The van der Waals surface area contributed by atoms with Crippen molar-refractivity contribution in [3.63, 3.8) is 0 Å². The van der Waals surface area contributed by atoms with Crippen molar-refractivity contribution in [1.29, 1.82) is 5.26 Å². The molecule has 8 heteroatoms. The molecular formula is C23H24F4N2O2. The van der Waals surface area contributed by atoms with E-state index in [0.717, 1.165) is 23.8 Å². The lowest BCUT2D eigenvalue weighted by atomic mass is 9.89. The van der Waals surface area contributed by atoms with E-state index in [-0.39, 0.29) is 18.2 Å². The van der Waals surface area contributed by atoms with Crippen molar-refractivity contribution in [2.24, 2.45) is 0 Å². The second-order valence-electron chi connectivity index (χ2n) is 7.54. The van der Waals surface area contributed by atoms with Gasteiger partial charge in [-0.15, -0.1) is 0 Å². The minimum atomic E-state index is -4.93. The van der Waals surface area contributed by atoms with Crippen LogP contribution in [0.5, 0.6) is 5.75 Å². The maximum atomic E-state index is 14.7. The molecule has 1 fully saturated rings. The third kappa shape index (κ3) is 5.47. The molecule has 0 unspecified atom stereocenters. The fourth-order valence-corrected chi connectivity index (χ4v) is 3.87. The van der Waals surface area contributed by atoms with E-state index in [4.69, 9.17) is 15.1 Å². The Balaban J connectivity index is 1.64. The highest BCUT2D eigenvalue weighted by Gasteiger charge is 2.39. The number of rotatable bonds is 7. The highest BCUT2D eigenvalue weighted by atomic mass is 19.4. The number of piperidine rings is 1. The first kappa shape index (κ1) is 22.9. The van der Waals surface area contributed by atoms with Gasteiger partial charge in [0, 0.05) is 19.7 Å². The number of anilines is 1. The minimum Gasteiger partial charge on any atom is -0.494 e. The summed E-state index contributed by atoms with van der Waals surface area (Å²) in [6.45, 7) is 1.52. The Morgan fingerprint density at radius 1 is 1.06 bits per heavy atom. The van der Waals surface area contributed by atoms with Crippen molar-refractivity contribution in [2.75, 3.05) is 31.2 Å². The van der Waals surface area contributed by atoms with Gasteiger partial charge in [-0.25, -0.2) is 4.39 Å². The normalized spacial score (nSPS) is 15.0. The molecule has 0 bridgehead atoms. The van der Waals surface area contributed by atoms with Crippen molar-refractivity contribution in [1.82, 2.24) is 0 Å². The number of benzene rings is 2. The van der Waals surface area contributed by atoms with Gasteiger partial charge in [-0.3, -0.25) is 0 Å². The Hall–Kier alpha value is -2.79. The Kier molecular flexibility index (Phi) is 7.39. The largest absolute Gasteiger partial charge is 0.494 e. The quantitative estimate of drug-likeness (QED) is 0.476. The van der Waals surface area contributed by atoms with Gasteiger partial charge < -0.3 is 14.7 Å². The molecule has 0 radical (unpaired) electrons. The number of hydrogen-bond donors (Lipinski definition) is 1. The summed E-state index contributed by atoms with van der Waals surface area (Å²) in [5, 5.41) is 17.7. The first-order chi connectivity index (χ1) is 14.8. The number of halogens is 4. The smallest absolute Gasteiger partial charge is 0.420 e. The summed E-state index contributed by atoms with van der Waals surface area (Å²) in [6.07, 6.45) is -2.10. The Morgan fingerprint density at radius 3 is 2.32 bits per heavy atom. The summed E-state index contributed by atoms with van der Waals surface area (Å²) in [4.78, 5) is 1.61. The second-order valence-corrected chi connectivity index (χ2v) is 7.54. The lowest BCUT2D eigenvalue weighted by Crippen LogP contribution is -2.34. The molecule has 4 nitrogen and oxygen atoms in total. The zero-order chi connectivity index (χ0) is 22.4. The number of ether oxygens (including phenoxy) is 1. The predicted molar refractivity (Wildman–Crippen MR) is 109 cm³/mol. The molecule has 1 aliphatic heterocycles. The molecule has 0 aliphatic carbocycles. The van der Waals surface area contributed by atoms with Crippen molar-refractivity contribution >= 4 is 5.69 Å².